The third kappa shape index (κ3) is 4.02. The Bertz CT molecular complexity index is 842. The van der Waals surface area contributed by atoms with Crippen LogP contribution in [0.15, 0.2) is 29.9 Å². The lowest BCUT2D eigenvalue weighted by Crippen LogP contribution is -2.12. The standard InChI is InChI=1S/C17H18N4O2S2/c1-4-23-14(22)8-13-15(12-6-5-7-24-12)20-16(25-13)11-9-18-17(19-10-11)21(2)3/h5-7,9-10H,4,8H2,1-3H3. The summed E-state index contributed by atoms with van der Waals surface area (Å²) in [5.74, 6) is 0.403. The van der Waals surface area contributed by atoms with Crippen molar-refractivity contribution >= 4 is 34.6 Å². The largest absolute Gasteiger partial charge is 0.466 e. The van der Waals surface area contributed by atoms with Crippen LogP contribution in [-0.2, 0) is 16.0 Å². The van der Waals surface area contributed by atoms with E-state index in [-0.39, 0.29) is 12.4 Å². The number of thiazole rings is 1. The maximum absolute atomic E-state index is 11.9. The summed E-state index contributed by atoms with van der Waals surface area (Å²) in [4.78, 5) is 29.1. The van der Waals surface area contributed by atoms with Crippen molar-refractivity contribution in [1.29, 1.82) is 0 Å². The van der Waals surface area contributed by atoms with Gasteiger partial charge >= 0.3 is 5.97 Å². The van der Waals surface area contributed by atoms with Crippen molar-refractivity contribution in [3.8, 4) is 21.1 Å². The molecule has 3 rings (SSSR count). The summed E-state index contributed by atoms with van der Waals surface area (Å²) in [6, 6.07) is 3.98. The molecule has 0 saturated carbocycles. The summed E-state index contributed by atoms with van der Waals surface area (Å²) < 4.78 is 5.09. The molecular weight excluding hydrogens is 356 g/mol. The molecule has 130 valence electrons. The molecule has 0 unspecified atom stereocenters. The summed E-state index contributed by atoms with van der Waals surface area (Å²) in [5.41, 5.74) is 1.67. The number of rotatable bonds is 6. The SMILES string of the molecule is CCOC(=O)Cc1sc(-c2cnc(N(C)C)nc2)nc1-c1cccs1. The Morgan fingerprint density at radius 2 is 2.04 bits per heavy atom. The Hall–Kier alpha value is -2.32. The summed E-state index contributed by atoms with van der Waals surface area (Å²) in [6.07, 6.45) is 3.73. The van der Waals surface area contributed by atoms with E-state index < -0.39 is 0 Å². The second-order valence-corrected chi connectivity index (χ2v) is 7.45. The van der Waals surface area contributed by atoms with Gasteiger partial charge in [0.25, 0.3) is 0 Å². The van der Waals surface area contributed by atoms with Crippen molar-refractivity contribution < 1.29 is 9.53 Å². The van der Waals surface area contributed by atoms with Crippen molar-refractivity contribution in [3.05, 3.63) is 34.8 Å². The van der Waals surface area contributed by atoms with Gasteiger partial charge in [-0.05, 0) is 18.4 Å². The molecule has 0 fully saturated rings. The number of aromatic nitrogens is 3. The summed E-state index contributed by atoms with van der Waals surface area (Å²) in [6.45, 7) is 2.18. The Balaban J connectivity index is 1.96. The highest BCUT2D eigenvalue weighted by Gasteiger charge is 2.18. The van der Waals surface area contributed by atoms with E-state index in [9.17, 15) is 4.79 Å². The highest BCUT2D eigenvalue weighted by Crippen LogP contribution is 2.36. The molecule has 3 aromatic heterocycles. The van der Waals surface area contributed by atoms with Crippen LogP contribution in [0.5, 0.6) is 0 Å². The van der Waals surface area contributed by atoms with Gasteiger partial charge in [0.05, 0.1) is 23.6 Å². The van der Waals surface area contributed by atoms with Gasteiger partial charge in [0.1, 0.15) is 5.01 Å². The number of hydrogen-bond acceptors (Lipinski definition) is 8. The minimum absolute atomic E-state index is 0.218. The van der Waals surface area contributed by atoms with Crippen LogP contribution in [-0.4, -0.2) is 41.6 Å². The van der Waals surface area contributed by atoms with Gasteiger partial charge in [0.2, 0.25) is 5.95 Å². The van der Waals surface area contributed by atoms with Crippen LogP contribution in [0.1, 0.15) is 11.8 Å². The molecule has 0 saturated heterocycles. The van der Waals surface area contributed by atoms with E-state index in [1.807, 2.05) is 36.5 Å². The van der Waals surface area contributed by atoms with E-state index in [0.29, 0.717) is 12.6 Å². The van der Waals surface area contributed by atoms with Gasteiger partial charge in [0, 0.05) is 36.9 Å². The highest BCUT2D eigenvalue weighted by molar-refractivity contribution is 7.17. The molecule has 0 bridgehead atoms. The molecule has 8 heteroatoms. The van der Waals surface area contributed by atoms with Gasteiger partial charge in [-0.1, -0.05) is 6.07 Å². The highest BCUT2D eigenvalue weighted by atomic mass is 32.1. The fourth-order valence-electron chi connectivity index (χ4n) is 2.21. The zero-order chi connectivity index (χ0) is 17.8. The van der Waals surface area contributed by atoms with E-state index >= 15 is 0 Å². The topological polar surface area (TPSA) is 68.2 Å². The Kier molecular flexibility index (Phi) is 5.40. The van der Waals surface area contributed by atoms with Crippen LogP contribution in [0.3, 0.4) is 0 Å². The van der Waals surface area contributed by atoms with Gasteiger partial charge in [-0.25, -0.2) is 15.0 Å². The first-order valence-corrected chi connectivity index (χ1v) is 9.47. The molecule has 0 aliphatic carbocycles. The molecule has 0 amide bonds. The van der Waals surface area contributed by atoms with E-state index in [0.717, 1.165) is 26.0 Å². The van der Waals surface area contributed by atoms with Crippen LogP contribution in [0.25, 0.3) is 21.1 Å². The summed E-state index contributed by atoms with van der Waals surface area (Å²) in [7, 11) is 3.79. The first-order chi connectivity index (χ1) is 12.1. The summed E-state index contributed by atoms with van der Waals surface area (Å²) >= 11 is 3.08. The minimum atomic E-state index is -0.241. The molecule has 25 heavy (non-hydrogen) atoms. The van der Waals surface area contributed by atoms with Gasteiger partial charge in [-0.2, -0.15) is 0 Å². The Morgan fingerprint density at radius 3 is 2.64 bits per heavy atom. The molecule has 0 atom stereocenters. The predicted molar refractivity (Wildman–Crippen MR) is 101 cm³/mol. The normalized spacial score (nSPS) is 10.7. The molecule has 3 heterocycles. The van der Waals surface area contributed by atoms with Crippen molar-refractivity contribution in [3.63, 3.8) is 0 Å². The fourth-order valence-corrected chi connectivity index (χ4v) is 4.05. The average molecular weight is 374 g/mol. The quantitative estimate of drug-likeness (QED) is 0.615. The molecule has 0 aromatic carbocycles. The first-order valence-electron chi connectivity index (χ1n) is 7.77. The molecular formula is C17H18N4O2S2. The lowest BCUT2D eigenvalue weighted by Gasteiger charge is -2.08. The maximum Gasteiger partial charge on any atom is 0.311 e. The van der Waals surface area contributed by atoms with Crippen molar-refractivity contribution in [2.24, 2.45) is 0 Å². The monoisotopic (exact) mass is 374 g/mol. The smallest absolute Gasteiger partial charge is 0.311 e. The number of carbonyl (C=O) groups excluding carboxylic acids is 1. The van der Waals surface area contributed by atoms with E-state index in [1.165, 1.54) is 11.3 Å². The van der Waals surface area contributed by atoms with Crippen LogP contribution in [0.2, 0.25) is 0 Å². The van der Waals surface area contributed by atoms with Crippen LogP contribution in [0, 0.1) is 0 Å². The van der Waals surface area contributed by atoms with Crippen LogP contribution in [0.4, 0.5) is 5.95 Å². The van der Waals surface area contributed by atoms with Crippen molar-refractivity contribution in [2.75, 3.05) is 25.6 Å². The molecule has 0 N–H and O–H groups in total. The van der Waals surface area contributed by atoms with Crippen molar-refractivity contribution in [1.82, 2.24) is 15.0 Å². The second kappa shape index (κ2) is 7.71. The van der Waals surface area contributed by atoms with Gasteiger partial charge in [-0.15, -0.1) is 22.7 Å². The number of thiophene rings is 1. The van der Waals surface area contributed by atoms with Gasteiger partial charge in [0.15, 0.2) is 0 Å². The molecule has 0 aliphatic rings. The fraction of sp³-hybridized carbons (Fsp3) is 0.294. The minimum Gasteiger partial charge on any atom is -0.466 e. The zero-order valence-corrected chi connectivity index (χ0v) is 15.9. The van der Waals surface area contributed by atoms with Crippen LogP contribution >= 0.6 is 22.7 Å². The molecule has 0 radical (unpaired) electrons. The lowest BCUT2D eigenvalue weighted by molar-refractivity contribution is -0.142. The van der Waals surface area contributed by atoms with E-state index in [2.05, 4.69) is 9.97 Å². The van der Waals surface area contributed by atoms with Gasteiger partial charge < -0.3 is 9.64 Å². The van der Waals surface area contributed by atoms with Crippen LogP contribution < -0.4 is 4.90 Å². The number of anilines is 1. The lowest BCUT2D eigenvalue weighted by atomic mass is 10.2. The van der Waals surface area contributed by atoms with E-state index in [4.69, 9.17) is 9.72 Å². The van der Waals surface area contributed by atoms with Crippen molar-refractivity contribution in [2.45, 2.75) is 13.3 Å². The number of nitrogens with zero attached hydrogens (tertiary/aromatic N) is 4. The van der Waals surface area contributed by atoms with E-state index in [1.54, 1.807) is 30.7 Å². The maximum atomic E-state index is 11.9. The third-order valence-corrected chi connectivity index (χ3v) is 5.33. The number of hydrogen-bond donors (Lipinski definition) is 0. The second-order valence-electron chi connectivity index (χ2n) is 5.42. The van der Waals surface area contributed by atoms with Gasteiger partial charge in [-0.3, -0.25) is 4.79 Å². The summed E-state index contributed by atoms with van der Waals surface area (Å²) in [5, 5.41) is 2.80. The average Bonchev–Trinajstić information content (AvgIpc) is 3.24. The Morgan fingerprint density at radius 1 is 1.28 bits per heavy atom. The predicted octanol–water partition coefficient (Wildman–Crippen LogP) is 3.50. The molecule has 0 spiro atoms. The Labute approximate surface area is 154 Å². The first kappa shape index (κ1) is 17.5. The number of ether oxygens (including phenoxy) is 1. The molecule has 6 nitrogen and oxygen atoms in total. The third-order valence-electron chi connectivity index (χ3n) is 3.35. The number of carbonyl (C=O) groups is 1. The number of esters is 1. The molecule has 3 aromatic rings. The zero-order valence-electron chi connectivity index (χ0n) is 14.2. The molecule has 0 aliphatic heterocycles.